The first kappa shape index (κ1) is 12.9. The summed E-state index contributed by atoms with van der Waals surface area (Å²) in [6.45, 7) is 0. The van der Waals surface area contributed by atoms with Crippen LogP contribution in [0.4, 0.5) is 5.82 Å². The molecule has 6 heteroatoms. The molecule has 0 saturated carbocycles. The summed E-state index contributed by atoms with van der Waals surface area (Å²) >= 11 is 5.84. The molecule has 0 aliphatic rings. The molecule has 2 rings (SSSR count). The summed E-state index contributed by atoms with van der Waals surface area (Å²) in [5, 5.41) is 18.4. The Bertz CT molecular complexity index is 708. The third-order valence-corrected chi connectivity index (χ3v) is 2.85. The van der Waals surface area contributed by atoms with E-state index < -0.39 is 5.97 Å². The number of anilines is 1. The second kappa shape index (κ2) is 4.96. The predicted octanol–water partition coefficient (Wildman–Crippen LogP) is 2.55. The van der Waals surface area contributed by atoms with E-state index in [0.717, 1.165) is 0 Å². The third-order valence-electron chi connectivity index (χ3n) is 2.52. The number of rotatable bonds is 2. The smallest absolute Gasteiger partial charge is 0.355 e. The zero-order chi connectivity index (χ0) is 14.0. The van der Waals surface area contributed by atoms with E-state index in [0.29, 0.717) is 16.1 Å². The van der Waals surface area contributed by atoms with E-state index in [1.165, 1.54) is 18.2 Å². The molecule has 19 heavy (non-hydrogen) atoms. The summed E-state index contributed by atoms with van der Waals surface area (Å²) in [5.74, 6) is -1.06. The Morgan fingerprint density at radius 2 is 2.11 bits per heavy atom. The summed E-state index contributed by atoms with van der Waals surface area (Å²) in [5.41, 5.74) is 6.52. The number of aromatic carboxylic acids is 1. The zero-order valence-electron chi connectivity index (χ0n) is 9.59. The lowest BCUT2D eigenvalue weighted by atomic mass is 10.0. The van der Waals surface area contributed by atoms with Gasteiger partial charge in [-0.2, -0.15) is 5.26 Å². The fraction of sp³-hybridized carbons (Fsp3) is 0. The molecule has 1 aromatic carbocycles. The van der Waals surface area contributed by atoms with Gasteiger partial charge in [-0.15, -0.1) is 0 Å². The average molecular weight is 274 g/mol. The number of nitrogens with zero attached hydrogens (tertiary/aromatic N) is 2. The van der Waals surface area contributed by atoms with E-state index in [2.05, 4.69) is 4.98 Å². The molecule has 0 amide bonds. The molecular formula is C13H8ClN3O2. The number of hydrogen-bond acceptors (Lipinski definition) is 4. The van der Waals surface area contributed by atoms with E-state index in [1.54, 1.807) is 12.1 Å². The second-order valence-corrected chi connectivity index (χ2v) is 4.15. The van der Waals surface area contributed by atoms with E-state index >= 15 is 0 Å². The number of aromatic nitrogens is 1. The molecule has 3 N–H and O–H groups in total. The molecular weight excluding hydrogens is 266 g/mol. The van der Waals surface area contributed by atoms with Crippen molar-refractivity contribution < 1.29 is 9.90 Å². The van der Waals surface area contributed by atoms with Crippen LogP contribution < -0.4 is 5.73 Å². The summed E-state index contributed by atoms with van der Waals surface area (Å²) in [6.07, 6.45) is 0. The van der Waals surface area contributed by atoms with Gasteiger partial charge in [0.25, 0.3) is 0 Å². The molecule has 0 saturated heterocycles. The lowest BCUT2D eigenvalue weighted by molar-refractivity contribution is 0.0691. The first-order valence-corrected chi connectivity index (χ1v) is 5.60. The highest BCUT2D eigenvalue weighted by molar-refractivity contribution is 6.31. The van der Waals surface area contributed by atoms with Gasteiger partial charge in [0.05, 0.1) is 10.6 Å². The standard InChI is InChI=1S/C13H8ClN3O2/c14-10-3-1-7(5-8(10)6-15)9-2-4-11(16)17-12(9)13(18)19/h1-5H,(H2,16,17)(H,18,19). The van der Waals surface area contributed by atoms with E-state index in [-0.39, 0.29) is 17.1 Å². The number of carboxylic acid groups (broad SMARTS) is 1. The van der Waals surface area contributed by atoms with Gasteiger partial charge in [0.15, 0.2) is 5.69 Å². The van der Waals surface area contributed by atoms with Crippen molar-refractivity contribution in [3.8, 4) is 17.2 Å². The number of hydrogen-bond donors (Lipinski definition) is 2. The third kappa shape index (κ3) is 2.49. The van der Waals surface area contributed by atoms with Gasteiger partial charge in [0, 0.05) is 5.56 Å². The number of halogens is 1. The summed E-state index contributed by atoms with van der Waals surface area (Å²) in [7, 11) is 0. The Morgan fingerprint density at radius 3 is 2.74 bits per heavy atom. The number of pyridine rings is 1. The number of benzene rings is 1. The molecule has 94 valence electrons. The molecule has 1 aromatic heterocycles. The van der Waals surface area contributed by atoms with Crippen LogP contribution in [0.5, 0.6) is 0 Å². The monoisotopic (exact) mass is 273 g/mol. The highest BCUT2D eigenvalue weighted by Gasteiger charge is 2.15. The Hall–Kier alpha value is -2.58. The SMILES string of the molecule is N#Cc1cc(-c2ccc(N)nc2C(=O)O)ccc1Cl. The van der Waals surface area contributed by atoms with Crippen molar-refractivity contribution in [3.05, 3.63) is 46.6 Å². The normalized spacial score (nSPS) is 9.89. The van der Waals surface area contributed by atoms with Crippen LogP contribution in [0.1, 0.15) is 16.1 Å². The fourth-order valence-corrected chi connectivity index (χ4v) is 1.81. The van der Waals surface area contributed by atoms with Crippen LogP contribution >= 0.6 is 11.6 Å². The van der Waals surface area contributed by atoms with Gasteiger partial charge in [0.2, 0.25) is 0 Å². The van der Waals surface area contributed by atoms with Gasteiger partial charge in [-0.25, -0.2) is 9.78 Å². The molecule has 0 fully saturated rings. The van der Waals surface area contributed by atoms with Crippen LogP contribution in [0.15, 0.2) is 30.3 Å². The molecule has 0 unspecified atom stereocenters. The van der Waals surface area contributed by atoms with E-state index in [4.69, 9.17) is 27.7 Å². The zero-order valence-corrected chi connectivity index (χ0v) is 10.3. The molecule has 0 bridgehead atoms. The largest absolute Gasteiger partial charge is 0.476 e. The summed E-state index contributed by atoms with van der Waals surface area (Å²) in [6, 6.07) is 9.68. The van der Waals surface area contributed by atoms with Gasteiger partial charge < -0.3 is 10.8 Å². The molecule has 5 nitrogen and oxygen atoms in total. The Kier molecular flexibility index (Phi) is 3.36. The van der Waals surface area contributed by atoms with E-state index in [1.807, 2.05) is 6.07 Å². The molecule has 1 heterocycles. The molecule has 0 aliphatic carbocycles. The molecule has 0 radical (unpaired) electrons. The maximum Gasteiger partial charge on any atom is 0.355 e. The Balaban J connectivity index is 2.66. The van der Waals surface area contributed by atoms with Crippen LogP contribution in [0.3, 0.4) is 0 Å². The predicted molar refractivity (Wildman–Crippen MR) is 70.8 cm³/mol. The van der Waals surface area contributed by atoms with Gasteiger partial charge in [-0.05, 0) is 29.8 Å². The number of nitrogen functional groups attached to an aromatic ring is 1. The van der Waals surface area contributed by atoms with Crippen LogP contribution in [-0.4, -0.2) is 16.1 Å². The van der Waals surface area contributed by atoms with Crippen molar-refractivity contribution in [2.45, 2.75) is 0 Å². The van der Waals surface area contributed by atoms with E-state index in [9.17, 15) is 4.79 Å². The van der Waals surface area contributed by atoms with Gasteiger partial charge in [-0.1, -0.05) is 17.7 Å². The molecule has 0 spiro atoms. The van der Waals surface area contributed by atoms with Crippen molar-refractivity contribution in [1.82, 2.24) is 4.98 Å². The first-order chi connectivity index (χ1) is 9.02. The molecule has 0 atom stereocenters. The maximum absolute atomic E-state index is 11.2. The molecule has 0 aliphatic heterocycles. The topological polar surface area (TPSA) is 100 Å². The average Bonchev–Trinajstić information content (AvgIpc) is 2.39. The van der Waals surface area contributed by atoms with Gasteiger partial charge in [-0.3, -0.25) is 0 Å². The van der Waals surface area contributed by atoms with Crippen molar-refractivity contribution >= 4 is 23.4 Å². The minimum Gasteiger partial charge on any atom is -0.476 e. The lowest BCUT2D eigenvalue weighted by Crippen LogP contribution is -2.05. The van der Waals surface area contributed by atoms with Gasteiger partial charge in [0.1, 0.15) is 11.9 Å². The highest BCUT2D eigenvalue weighted by Crippen LogP contribution is 2.27. The number of nitrogens with two attached hydrogens (primary N) is 1. The maximum atomic E-state index is 11.2. The van der Waals surface area contributed by atoms with Crippen molar-refractivity contribution in [2.24, 2.45) is 0 Å². The highest BCUT2D eigenvalue weighted by atomic mass is 35.5. The van der Waals surface area contributed by atoms with Crippen molar-refractivity contribution in [2.75, 3.05) is 5.73 Å². The van der Waals surface area contributed by atoms with Crippen LogP contribution in [0, 0.1) is 11.3 Å². The molecule has 2 aromatic rings. The van der Waals surface area contributed by atoms with Crippen LogP contribution in [0.25, 0.3) is 11.1 Å². The second-order valence-electron chi connectivity index (χ2n) is 3.74. The fourth-order valence-electron chi connectivity index (χ4n) is 1.65. The quantitative estimate of drug-likeness (QED) is 0.876. The summed E-state index contributed by atoms with van der Waals surface area (Å²) in [4.78, 5) is 14.9. The summed E-state index contributed by atoms with van der Waals surface area (Å²) < 4.78 is 0. The first-order valence-electron chi connectivity index (χ1n) is 5.22. The minimum absolute atomic E-state index is 0.121. The number of nitriles is 1. The van der Waals surface area contributed by atoms with Crippen LogP contribution in [-0.2, 0) is 0 Å². The van der Waals surface area contributed by atoms with Gasteiger partial charge >= 0.3 is 5.97 Å². The minimum atomic E-state index is -1.18. The Labute approximate surface area is 113 Å². The lowest BCUT2D eigenvalue weighted by Gasteiger charge is -2.07. The van der Waals surface area contributed by atoms with Crippen LogP contribution in [0.2, 0.25) is 5.02 Å². The van der Waals surface area contributed by atoms with Crippen molar-refractivity contribution in [1.29, 1.82) is 5.26 Å². The number of carboxylic acids is 1. The van der Waals surface area contributed by atoms with Crippen molar-refractivity contribution in [3.63, 3.8) is 0 Å². The number of carbonyl (C=O) groups is 1. The Morgan fingerprint density at radius 1 is 1.37 bits per heavy atom.